The molecule has 0 bridgehead atoms. The average Bonchev–Trinajstić information content (AvgIpc) is 2.67. The molecular formula is C20H24N4O2. The quantitative estimate of drug-likeness (QED) is 0.832. The van der Waals surface area contributed by atoms with Gasteiger partial charge in [-0.05, 0) is 44.4 Å². The molecule has 1 saturated heterocycles. The second-order valence-corrected chi connectivity index (χ2v) is 7.17. The van der Waals surface area contributed by atoms with Gasteiger partial charge in [0.2, 0.25) is 5.91 Å². The van der Waals surface area contributed by atoms with Crippen molar-refractivity contribution in [3.05, 3.63) is 42.4 Å². The molecule has 6 heteroatoms. The minimum atomic E-state index is 0.00734. The Hall–Kier alpha value is -2.63. The van der Waals surface area contributed by atoms with Crippen molar-refractivity contribution < 1.29 is 9.53 Å². The number of ether oxygens (including phenoxy) is 1. The lowest BCUT2D eigenvalue weighted by Gasteiger charge is -2.38. The van der Waals surface area contributed by atoms with Gasteiger partial charge in [0.05, 0.1) is 18.4 Å². The first-order valence-electron chi connectivity index (χ1n) is 9.21. The number of rotatable bonds is 2. The van der Waals surface area contributed by atoms with Crippen LogP contribution < -0.4 is 14.5 Å². The maximum atomic E-state index is 13.2. The molecule has 0 saturated carbocycles. The lowest BCUT2D eigenvalue weighted by molar-refractivity contribution is -0.123. The summed E-state index contributed by atoms with van der Waals surface area (Å²) in [6.45, 7) is 6.32. The Balaban J connectivity index is 1.47. The monoisotopic (exact) mass is 352 g/mol. The summed E-state index contributed by atoms with van der Waals surface area (Å²) in [6.07, 6.45) is 6.85. The number of fused-ring (bicyclic) bond motifs is 1. The molecule has 0 unspecified atom stereocenters. The first kappa shape index (κ1) is 16.8. The Morgan fingerprint density at radius 3 is 2.77 bits per heavy atom. The summed E-state index contributed by atoms with van der Waals surface area (Å²) in [5, 5.41) is 0. The fourth-order valence-corrected chi connectivity index (χ4v) is 3.79. The van der Waals surface area contributed by atoms with Crippen molar-refractivity contribution in [1.82, 2.24) is 9.97 Å². The second kappa shape index (κ2) is 6.94. The highest BCUT2D eigenvalue weighted by atomic mass is 16.5. The van der Waals surface area contributed by atoms with Crippen molar-refractivity contribution >= 4 is 17.4 Å². The summed E-state index contributed by atoms with van der Waals surface area (Å²) in [7, 11) is 0. The number of hydrogen-bond acceptors (Lipinski definition) is 5. The number of carbonyl (C=O) groups is 1. The molecule has 1 amide bonds. The van der Waals surface area contributed by atoms with Crippen molar-refractivity contribution in [3.63, 3.8) is 0 Å². The van der Waals surface area contributed by atoms with Crippen LogP contribution in [0, 0.1) is 12.8 Å². The van der Waals surface area contributed by atoms with E-state index in [0.29, 0.717) is 6.54 Å². The zero-order chi connectivity index (χ0) is 18.1. The van der Waals surface area contributed by atoms with E-state index >= 15 is 0 Å². The number of carbonyl (C=O) groups excluding carboxylic acids is 1. The number of nitrogens with zero attached hydrogens (tertiary/aromatic N) is 4. The molecule has 2 aromatic rings. The van der Waals surface area contributed by atoms with E-state index in [0.717, 1.165) is 48.7 Å². The summed E-state index contributed by atoms with van der Waals surface area (Å²) >= 11 is 0. The first-order chi connectivity index (χ1) is 12.6. The zero-order valence-electron chi connectivity index (χ0n) is 15.3. The van der Waals surface area contributed by atoms with Crippen LogP contribution in [-0.2, 0) is 4.79 Å². The van der Waals surface area contributed by atoms with Gasteiger partial charge in [-0.25, -0.2) is 4.98 Å². The molecule has 1 aromatic carbocycles. The van der Waals surface area contributed by atoms with Gasteiger partial charge in [0.25, 0.3) is 0 Å². The van der Waals surface area contributed by atoms with Crippen LogP contribution in [0.2, 0.25) is 0 Å². The minimum absolute atomic E-state index is 0.00734. The Labute approximate surface area is 153 Å². The topological polar surface area (TPSA) is 58.6 Å². The largest absolute Gasteiger partial charge is 0.487 e. The standard InChI is InChI=1S/C20H24N4O2/c1-14-3-4-17-18(11-14)26-15(2)13-24(17)20(25)16-5-9-23(10-6-16)19-12-21-7-8-22-19/h3-4,7-8,11-12,15-16H,5-6,9-10,13H2,1-2H3/t15-/m0/s1. The molecule has 0 radical (unpaired) electrons. The molecule has 1 fully saturated rings. The number of benzene rings is 1. The molecular weight excluding hydrogens is 328 g/mol. The third kappa shape index (κ3) is 3.23. The van der Waals surface area contributed by atoms with E-state index in [4.69, 9.17) is 4.74 Å². The molecule has 2 aliphatic rings. The summed E-state index contributed by atoms with van der Waals surface area (Å²) < 4.78 is 5.94. The highest BCUT2D eigenvalue weighted by Crippen LogP contribution is 2.36. The van der Waals surface area contributed by atoms with Gasteiger partial charge in [0.1, 0.15) is 17.7 Å². The highest BCUT2D eigenvalue weighted by molar-refractivity contribution is 5.97. The van der Waals surface area contributed by atoms with Crippen LogP contribution in [-0.4, -0.2) is 41.6 Å². The average molecular weight is 352 g/mol. The fourth-order valence-electron chi connectivity index (χ4n) is 3.79. The Morgan fingerprint density at radius 2 is 2.04 bits per heavy atom. The van der Waals surface area contributed by atoms with E-state index in [-0.39, 0.29) is 17.9 Å². The lowest BCUT2D eigenvalue weighted by atomic mass is 9.94. The first-order valence-corrected chi connectivity index (χ1v) is 9.21. The van der Waals surface area contributed by atoms with Crippen molar-refractivity contribution in [3.8, 4) is 5.75 Å². The molecule has 26 heavy (non-hydrogen) atoms. The Morgan fingerprint density at radius 1 is 1.23 bits per heavy atom. The van der Waals surface area contributed by atoms with Crippen LogP contribution in [0.5, 0.6) is 5.75 Å². The molecule has 0 spiro atoms. The number of piperidine rings is 1. The Kier molecular flexibility index (Phi) is 4.49. The second-order valence-electron chi connectivity index (χ2n) is 7.17. The van der Waals surface area contributed by atoms with Crippen LogP contribution in [0.4, 0.5) is 11.5 Å². The van der Waals surface area contributed by atoms with E-state index in [1.165, 1.54) is 0 Å². The smallest absolute Gasteiger partial charge is 0.230 e. The predicted octanol–water partition coefficient (Wildman–Crippen LogP) is 2.82. The summed E-state index contributed by atoms with van der Waals surface area (Å²) in [5.41, 5.74) is 2.04. The summed E-state index contributed by atoms with van der Waals surface area (Å²) in [5.74, 6) is 1.96. The van der Waals surface area contributed by atoms with Crippen LogP contribution in [0.3, 0.4) is 0 Å². The van der Waals surface area contributed by atoms with Gasteiger partial charge in [0, 0.05) is 31.4 Å². The van der Waals surface area contributed by atoms with Gasteiger partial charge in [-0.15, -0.1) is 0 Å². The lowest BCUT2D eigenvalue weighted by Crippen LogP contribution is -2.47. The highest BCUT2D eigenvalue weighted by Gasteiger charge is 2.34. The van der Waals surface area contributed by atoms with Crippen LogP contribution in [0.25, 0.3) is 0 Å². The van der Waals surface area contributed by atoms with E-state index in [1.54, 1.807) is 18.6 Å². The molecule has 6 nitrogen and oxygen atoms in total. The molecule has 0 aliphatic carbocycles. The van der Waals surface area contributed by atoms with Gasteiger partial charge in [-0.2, -0.15) is 0 Å². The summed E-state index contributed by atoms with van der Waals surface area (Å²) in [4.78, 5) is 25.8. The molecule has 1 aromatic heterocycles. The van der Waals surface area contributed by atoms with Crippen molar-refractivity contribution in [2.24, 2.45) is 5.92 Å². The van der Waals surface area contributed by atoms with Crippen LogP contribution in [0.15, 0.2) is 36.8 Å². The van der Waals surface area contributed by atoms with Crippen LogP contribution in [0.1, 0.15) is 25.3 Å². The number of aryl methyl sites for hydroxylation is 1. The molecule has 0 N–H and O–H groups in total. The van der Waals surface area contributed by atoms with E-state index in [1.807, 2.05) is 36.9 Å². The predicted molar refractivity (Wildman–Crippen MR) is 101 cm³/mol. The number of anilines is 2. The van der Waals surface area contributed by atoms with Crippen molar-refractivity contribution in [2.75, 3.05) is 29.4 Å². The van der Waals surface area contributed by atoms with Gasteiger partial charge in [-0.1, -0.05) is 6.07 Å². The van der Waals surface area contributed by atoms with Gasteiger partial charge < -0.3 is 14.5 Å². The number of aromatic nitrogens is 2. The van der Waals surface area contributed by atoms with Gasteiger partial charge >= 0.3 is 0 Å². The molecule has 2 aliphatic heterocycles. The molecule has 4 rings (SSSR count). The third-order valence-corrected chi connectivity index (χ3v) is 5.16. The fraction of sp³-hybridized carbons (Fsp3) is 0.450. The molecule has 1 atom stereocenters. The number of hydrogen-bond donors (Lipinski definition) is 0. The van der Waals surface area contributed by atoms with E-state index < -0.39 is 0 Å². The third-order valence-electron chi connectivity index (χ3n) is 5.16. The van der Waals surface area contributed by atoms with E-state index in [9.17, 15) is 4.79 Å². The van der Waals surface area contributed by atoms with Crippen molar-refractivity contribution in [1.29, 1.82) is 0 Å². The normalized spacial score (nSPS) is 20.5. The zero-order valence-corrected chi connectivity index (χ0v) is 15.3. The Bertz CT molecular complexity index is 788. The maximum absolute atomic E-state index is 13.2. The summed E-state index contributed by atoms with van der Waals surface area (Å²) in [6, 6.07) is 6.06. The van der Waals surface area contributed by atoms with Gasteiger partial charge in [0.15, 0.2) is 0 Å². The molecule has 136 valence electrons. The van der Waals surface area contributed by atoms with Gasteiger partial charge in [-0.3, -0.25) is 9.78 Å². The van der Waals surface area contributed by atoms with Crippen molar-refractivity contribution in [2.45, 2.75) is 32.8 Å². The molecule has 3 heterocycles. The SMILES string of the molecule is Cc1ccc2c(c1)O[C@@H](C)CN2C(=O)C1CCN(c2cnccn2)CC1. The number of amides is 1. The van der Waals surface area contributed by atoms with E-state index in [2.05, 4.69) is 14.9 Å². The maximum Gasteiger partial charge on any atom is 0.230 e. The van der Waals surface area contributed by atoms with Crippen LogP contribution >= 0.6 is 0 Å². The minimum Gasteiger partial charge on any atom is -0.487 e.